The summed E-state index contributed by atoms with van der Waals surface area (Å²) < 4.78 is 5.40. The van der Waals surface area contributed by atoms with E-state index in [1.54, 1.807) is 0 Å². The first-order valence-electron chi connectivity index (χ1n) is 8.84. The Morgan fingerprint density at radius 2 is 2.00 bits per heavy atom. The van der Waals surface area contributed by atoms with Crippen molar-refractivity contribution in [1.29, 1.82) is 0 Å². The first-order valence-corrected chi connectivity index (χ1v) is 8.84. The molecule has 4 heterocycles. The van der Waals surface area contributed by atoms with Crippen LogP contribution in [-0.2, 0) is 16.1 Å². The topological polar surface area (TPSA) is 45.7 Å². The second kappa shape index (κ2) is 6.57. The quantitative estimate of drug-likeness (QED) is 0.851. The van der Waals surface area contributed by atoms with Gasteiger partial charge in [0.15, 0.2) is 0 Å². The van der Waals surface area contributed by atoms with Crippen molar-refractivity contribution >= 4 is 5.91 Å². The molecule has 5 heteroatoms. The maximum absolute atomic E-state index is 12.8. The number of carbonyl (C=O) groups excluding carboxylic acids is 1. The number of amides is 1. The van der Waals surface area contributed by atoms with Crippen LogP contribution >= 0.6 is 0 Å². The third-order valence-corrected chi connectivity index (χ3v) is 5.65. The van der Waals surface area contributed by atoms with Gasteiger partial charge in [-0.25, -0.2) is 0 Å². The Morgan fingerprint density at radius 3 is 2.78 bits per heavy atom. The minimum absolute atomic E-state index is 0.190. The number of hydrogen-bond acceptors (Lipinski definition) is 4. The molecule has 0 bridgehead atoms. The van der Waals surface area contributed by atoms with Crippen molar-refractivity contribution in [2.75, 3.05) is 26.3 Å². The van der Waals surface area contributed by atoms with Crippen molar-refractivity contribution in [2.45, 2.75) is 44.3 Å². The number of pyridine rings is 1. The van der Waals surface area contributed by atoms with E-state index in [-0.39, 0.29) is 5.92 Å². The van der Waals surface area contributed by atoms with Crippen molar-refractivity contribution in [3.05, 3.63) is 30.1 Å². The Morgan fingerprint density at radius 1 is 1.17 bits per heavy atom. The summed E-state index contributed by atoms with van der Waals surface area (Å²) >= 11 is 0. The van der Waals surface area contributed by atoms with E-state index < -0.39 is 0 Å². The van der Waals surface area contributed by atoms with Crippen molar-refractivity contribution in [3.8, 4) is 0 Å². The lowest BCUT2D eigenvalue weighted by molar-refractivity contribution is -0.139. The Labute approximate surface area is 137 Å². The zero-order valence-corrected chi connectivity index (χ0v) is 13.6. The molecule has 0 unspecified atom stereocenters. The van der Waals surface area contributed by atoms with Crippen LogP contribution in [0.2, 0.25) is 0 Å². The number of carbonyl (C=O) groups is 1. The Balaban J connectivity index is 1.40. The van der Waals surface area contributed by atoms with Crippen molar-refractivity contribution < 1.29 is 9.53 Å². The molecule has 0 radical (unpaired) electrons. The van der Waals surface area contributed by atoms with Gasteiger partial charge in [0.25, 0.3) is 0 Å². The molecule has 5 nitrogen and oxygen atoms in total. The number of rotatable bonds is 3. The normalized spacial score (nSPS) is 29.0. The van der Waals surface area contributed by atoms with Crippen LogP contribution in [0.5, 0.6) is 0 Å². The van der Waals surface area contributed by atoms with E-state index in [1.807, 2.05) is 18.5 Å². The number of hydrogen-bond donors (Lipinski definition) is 0. The van der Waals surface area contributed by atoms with E-state index in [2.05, 4.69) is 20.9 Å². The predicted octanol–water partition coefficient (Wildman–Crippen LogP) is 1.68. The first kappa shape index (κ1) is 15.1. The second-order valence-electron chi connectivity index (χ2n) is 6.96. The SMILES string of the molecule is O=C(C1CCOCC1)N1CC[C@@H]2[C@@H]1CCN2Cc1cccnc1. The van der Waals surface area contributed by atoms with Gasteiger partial charge in [-0.3, -0.25) is 14.7 Å². The van der Waals surface area contributed by atoms with Gasteiger partial charge in [-0.15, -0.1) is 0 Å². The fraction of sp³-hybridized carbons (Fsp3) is 0.667. The summed E-state index contributed by atoms with van der Waals surface area (Å²) in [6.07, 6.45) is 7.78. The van der Waals surface area contributed by atoms with E-state index in [0.717, 1.165) is 58.5 Å². The molecule has 0 N–H and O–H groups in total. The highest BCUT2D eigenvalue weighted by Gasteiger charge is 2.45. The molecule has 1 amide bonds. The minimum atomic E-state index is 0.190. The van der Waals surface area contributed by atoms with Crippen molar-refractivity contribution in [1.82, 2.24) is 14.8 Å². The van der Waals surface area contributed by atoms with Crippen LogP contribution in [0.25, 0.3) is 0 Å². The molecule has 1 aromatic rings. The summed E-state index contributed by atoms with van der Waals surface area (Å²) in [7, 11) is 0. The average molecular weight is 315 g/mol. The Bertz CT molecular complexity index is 544. The highest BCUT2D eigenvalue weighted by Crippen LogP contribution is 2.34. The molecule has 0 aromatic carbocycles. The van der Waals surface area contributed by atoms with E-state index >= 15 is 0 Å². The van der Waals surface area contributed by atoms with Crippen LogP contribution in [0.15, 0.2) is 24.5 Å². The van der Waals surface area contributed by atoms with Crippen molar-refractivity contribution in [2.24, 2.45) is 5.92 Å². The molecule has 124 valence electrons. The highest BCUT2D eigenvalue weighted by molar-refractivity contribution is 5.79. The van der Waals surface area contributed by atoms with Crippen LogP contribution in [-0.4, -0.2) is 59.1 Å². The molecular weight excluding hydrogens is 290 g/mol. The molecule has 23 heavy (non-hydrogen) atoms. The summed E-state index contributed by atoms with van der Waals surface area (Å²) in [6.45, 7) is 4.45. The van der Waals surface area contributed by atoms with Crippen LogP contribution < -0.4 is 0 Å². The summed E-state index contributed by atoms with van der Waals surface area (Å²) in [5.41, 5.74) is 1.27. The molecule has 1 aromatic heterocycles. The smallest absolute Gasteiger partial charge is 0.226 e. The molecular formula is C18H25N3O2. The number of ether oxygens (including phenoxy) is 1. The molecule has 0 saturated carbocycles. The molecule has 3 fully saturated rings. The first-order chi connectivity index (χ1) is 11.3. The minimum Gasteiger partial charge on any atom is -0.381 e. The third-order valence-electron chi connectivity index (χ3n) is 5.65. The van der Waals surface area contributed by atoms with Crippen LogP contribution in [0, 0.1) is 5.92 Å². The summed E-state index contributed by atoms with van der Waals surface area (Å²) in [5.74, 6) is 0.568. The lowest BCUT2D eigenvalue weighted by Crippen LogP contribution is -2.43. The second-order valence-corrected chi connectivity index (χ2v) is 6.96. The van der Waals surface area contributed by atoms with Crippen molar-refractivity contribution in [3.63, 3.8) is 0 Å². The standard InChI is InChI=1S/C18H25N3O2/c22-18(15-5-10-23-11-6-15)21-9-4-16-17(21)3-8-20(16)13-14-2-1-7-19-12-14/h1-2,7,12,15-17H,3-6,8-11,13H2/t16-,17+/m1/s1. The van der Waals surface area contributed by atoms with E-state index in [9.17, 15) is 4.79 Å². The largest absolute Gasteiger partial charge is 0.381 e. The zero-order valence-electron chi connectivity index (χ0n) is 13.6. The maximum Gasteiger partial charge on any atom is 0.226 e. The average Bonchev–Trinajstić information content (AvgIpc) is 3.19. The fourth-order valence-corrected chi connectivity index (χ4v) is 4.45. The number of aromatic nitrogens is 1. The zero-order chi connectivity index (χ0) is 15.6. The summed E-state index contributed by atoms with van der Waals surface area (Å²) in [6, 6.07) is 5.08. The van der Waals surface area contributed by atoms with Gasteiger partial charge in [-0.05, 0) is 37.3 Å². The van der Waals surface area contributed by atoms with Gasteiger partial charge < -0.3 is 9.64 Å². The predicted molar refractivity (Wildman–Crippen MR) is 86.7 cm³/mol. The summed E-state index contributed by atoms with van der Waals surface area (Å²) in [4.78, 5) is 21.8. The fourth-order valence-electron chi connectivity index (χ4n) is 4.45. The third kappa shape index (κ3) is 3.00. The van der Waals surface area contributed by atoms with Crippen LogP contribution in [0.1, 0.15) is 31.2 Å². The summed E-state index contributed by atoms with van der Waals surface area (Å²) in [5, 5.41) is 0. The number of fused-ring (bicyclic) bond motifs is 1. The molecule has 4 rings (SSSR count). The molecule has 0 aliphatic carbocycles. The Kier molecular flexibility index (Phi) is 4.31. The molecule has 3 saturated heterocycles. The molecule has 0 spiro atoms. The lowest BCUT2D eigenvalue weighted by Gasteiger charge is -2.30. The van der Waals surface area contributed by atoms with Gasteiger partial charge in [0, 0.05) is 63.2 Å². The Hall–Kier alpha value is -1.46. The maximum atomic E-state index is 12.8. The van der Waals surface area contributed by atoms with Gasteiger partial charge >= 0.3 is 0 Å². The lowest BCUT2D eigenvalue weighted by atomic mass is 9.98. The highest BCUT2D eigenvalue weighted by atomic mass is 16.5. The van der Waals surface area contributed by atoms with Gasteiger partial charge in [0.1, 0.15) is 0 Å². The molecule has 3 aliphatic rings. The van der Waals surface area contributed by atoms with Crippen LogP contribution in [0.3, 0.4) is 0 Å². The van der Waals surface area contributed by atoms with Gasteiger partial charge in [-0.2, -0.15) is 0 Å². The van der Waals surface area contributed by atoms with Gasteiger partial charge in [0.05, 0.1) is 0 Å². The van der Waals surface area contributed by atoms with E-state index in [4.69, 9.17) is 4.74 Å². The number of nitrogens with zero attached hydrogens (tertiary/aromatic N) is 3. The number of likely N-dealkylation sites (tertiary alicyclic amines) is 2. The van der Waals surface area contributed by atoms with E-state index in [0.29, 0.717) is 18.0 Å². The van der Waals surface area contributed by atoms with Gasteiger partial charge in [0.2, 0.25) is 5.91 Å². The van der Waals surface area contributed by atoms with E-state index in [1.165, 1.54) is 5.56 Å². The van der Waals surface area contributed by atoms with Crippen LogP contribution in [0.4, 0.5) is 0 Å². The van der Waals surface area contributed by atoms with Gasteiger partial charge in [-0.1, -0.05) is 6.07 Å². The molecule has 3 aliphatic heterocycles. The monoisotopic (exact) mass is 315 g/mol. The molecule has 2 atom stereocenters.